The fraction of sp³-hybridized carbons (Fsp3) is 0. The highest BCUT2D eigenvalue weighted by molar-refractivity contribution is 9.10. The van der Waals surface area contributed by atoms with Gasteiger partial charge in [0.1, 0.15) is 0 Å². The molecule has 0 amide bonds. The molecule has 0 aliphatic rings. The predicted octanol–water partition coefficient (Wildman–Crippen LogP) is 6.94. The Morgan fingerprint density at radius 2 is 1.13 bits per heavy atom. The molecule has 0 radical (unpaired) electrons. The third-order valence-electron chi connectivity index (χ3n) is 4.13. The Morgan fingerprint density at radius 1 is 0.565 bits per heavy atom. The Hall–Kier alpha value is -2.38. The summed E-state index contributed by atoms with van der Waals surface area (Å²) in [5.41, 5.74) is 4.96. The van der Waals surface area contributed by atoms with Crippen LogP contribution in [0.5, 0.6) is 0 Å². The molecular weight excluding hydrogens is 344 g/mol. The molecule has 0 saturated heterocycles. The molecule has 0 heterocycles. The minimum absolute atomic E-state index is 1.15. The SMILES string of the molecule is Brc1c(-c2ccccc2)c(-c2ccccc2)cc2ccccc12. The van der Waals surface area contributed by atoms with Crippen LogP contribution in [0.1, 0.15) is 0 Å². The third kappa shape index (κ3) is 2.58. The van der Waals surface area contributed by atoms with Crippen LogP contribution in [-0.2, 0) is 0 Å². The average Bonchev–Trinajstić information content (AvgIpc) is 2.63. The summed E-state index contributed by atoms with van der Waals surface area (Å²) in [6.07, 6.45) is 0. The van der Waals surface area contributed by atoms with Crippen LogP contribution in [0.25, 0.3) is 33.0 Å². The van der Waals surface area contributed by atoms with Crippen molar-refractivity contribution in [3.8, 4) is 22.3 Å². The van der Waals surface area contributed by atoms with E-state index in [4.69, 9.17) is 0 Å². The lowest BCUT2D eigenvalue weighted by Crippen LogP contribution is -1.89. The van der Waals surface area contributed by atoms with E-state index in [-0.39, 0.29) is 0 Å². The van der Waals surface area contributed by atoms with Crippen molar-refractivity contribution in [3.05, 3.63) is 95.5 Å². The van der Waals surface area contributed by atoms with E-state index in [0.29, 0.717) is 0 Å². The summed E-state index contributed by atoms with van der Waals surface area (Å²) in [6, 6.07) is 31.9. The number of hydrogen-bond acceptors (Lipinski definition) is 0. The normalized spacial score (nSPS) is 10.8. The lowest BCUT2D eigenvalue weighted by molar-refractivity contribution is 1.58. The minimum Gasteiger partial charge on any atom is -0.0622 e. The lowest BCUT2D eigenvalue weighted by Gasteiger charge is -2.15. The summed E-state index contributed by atoms with van der Waals surface area (Å²) < 4.78 is 1.15. The summed E-state index contributed by atoms with van der Waals surface area (Å²) in [5, 5.41) is 2.49. The van der Waals surface area contributed by atoms with Crippen LogP contribution in [-0.4, -0.2) is 0 Å². The molecule has 0 N–H and O–H groups in total. The van der Waals surface area contributed by atoms with Crippen molar-refractivity contribution < 1.29 is 0 Å². The van der Waals surface area contributed by atoms with Gasteiger partial charge in [-0.3, -0.25) is 0 Å². The zero-order valence-corrected chi connectivity index (χ0v) is 14.1. The molecule has 4 aromatic carbocycles. The molecule has 0 nitrogen and oxygen atoms in total. The fourth-order valence-corrected chi connectivity index (χ4v) is 3.84. The van der Waals surface area contributed by atoms with E-state index >= 15 is 0 Å². The van der Waals surface area contributed by atoms with Crippen molar-refractivity contribution in [2.75, 3.05) is 0 Å². The van der Waals surface area contributed by atoms with Crippen molar-refractivity contribution >= 4 is 26.7 Å². The summed E-state index contributed by atoms with van der Waals surface area (Å²) in [4.78, 5) is 0. The number of hydrogen-bond donors (Lipinski definition) is 0. The molecule has 0 aliphatic carbocycles. The number of rotatable bonds is 2. The van der Waals surface area contributed by atoms with Gasteiger partial charge in [0.05, 0.1) is 0 Å². The van der Waals surface area contributed by atoms with Crippen molar-refractivity contribution in [1.29, 1.82) is 0 Å². The van der Waals surface area contributed by atoms with Gasteiger partial charge in [0, 0.05) is 10.0 Å². The maximum absolute atomic E-state index is 3.87. The zero-order chi connectivity index (χ0) is 15.6. The van der Waals surface area contributed by atoms with E-state index in [0.717, 1.165) is 4.47 Å². The first-order chi connectivity index (χ1) is 11.3. The number of fused-ring (bicyclic) bond motifs is 1. The van der Waals surface area contributed by atoms with E-state index in [2.05, 4.69) is 107 Å². The molecule has 0 fully saturated rings. The Labute approximate surface area is 144 Å². The van der Waals surface area contributed by atoms with Crippen molar-refractivity contribution in [1.82, 2.24) is 0 Å². The van der Waals surface area contributed by atoms with E-state index in [1.807, 2.05) is 0 Å². The van der Waals surface area contributed by atoms with Crippen molar-refractivity contribution in [3.63, 3.8) is 0 Å². The quantitative estimate of drug-likeness (QED) is 0.364. The minimum atomic E-state index is 1.15. The van der Waals surface area contributed by atoms with Gasteiger partial charge < -0.3 is 0 Å². The largest absolute Gasteiger partial charge is 0.0622 e. The third-order valence-corrected chi connectivity index (χ3v) is 4.96. The molecule has 4 aromatic rings. The van der Waals surface area contributed by atoms with Gasteiger partial charge in [-0.05, 0) is 49.5 Å². The van der Waals surface area contributed by atoms with Crippen molar-refractivity contribution in [2.45, 2.75) is 0 Å². The highest BCUT2D eigenvalue weighted by Gasteiger charge is 2.14. The Kier molecular flexibility index (Phi) is 3.72. The number of halogens is 1. The van der Waals surface area contributed by atoms with Gasteiger partial charge in [-0.15, -0.1) is 0 Å². The van der Waals surface area contributed by atoms with Gasteiger partial charge >= 0.3 is 0 Å². The van der Waals surface area contributed by atoms with E-state index < -0.39 is 0 Å². The molecule has 23 heavy (non-hydrogen) atoms. The van der Waals surface area contributed by atoms with Gasteiger partial charge in [-0.25, -0.2) is 0 Å². The smallest absolute Gasteiger partial charge is 0.0338 e. The van der Waals surface area contributed by atoms with E-state index in [1.54, 1.807) is 0 Å². The van der Waals surface area contributed by atoms with E-state index in [9.17, 15) is 0 Å². The Morgan fingerprint density at radius 3 is 1.83 bits per heavy atom. The van der Waals surface area contributed by atoms with Gasteiger partial charge in [0.15, 0.2) is 0 Å². The predicted molar refractivity (Wildman–Crippen MR) is 103 cm³/mol. The van der Waals surface area contributed by atoms with Crippen molar-refractivity contribution in [2.24, 2.45) is 0 Å². The highest BCUT2D eigenvalue weighted by Crippen LogP contribution is 2.42. The number of benzene rings is 4. The zero-order valence-electron chi connectivity index (χ0n) is 12.5. The van der Waals surface area contributed by atoms with Crippen LogP contribution in [0.3, 0.4) is 0 Å². The summed E-state index contributed by atoms with van der Waals surface area (Å²) in [7, 11) is 0. The molecule has 0 bridgehead atoms. The maximum Gasteiger partial charge on any atom is 0.0338 e. The molecule has 4 rings (SSSR count). The highest BCUT2D eigenvalue weighted by atomic mass is 79.9. The molecule has 0 saturated carbocycles. The molecule has 0 unspecified atom stereocenters. The Bertz CT molecular complexity index is 957. The standard InChI is InChI=1S/C22H15Br/c23-22-19-14-8-7-13-18(19)15-20(16-9-3-1-4-10-16)21(22)17-11-5-2-6-12-17/h1-15H. The van der Waals surface area contributed by atoms with Crippen LogP contribution >= 0.6 is 15.9 Å². The van der Waals surface area contributed by atoms with Crippen LogP contribution in [0, 0.1) is 0 Å². The second-order valence-corrected chi connectivity index (χ2v) is 6.36. The lowest BCUT2D eigenvalue weighted by atomic mass is 9.91. The van der Waals surface area contributed by atoms with Crippen LogP contribution in [0.15, 0.2) is 95.5 Å². The second kappa shape index (κ2) is 6.02. The average molecular weight is 359 g/mol. The molecule has 0 atom stereocenters. The van der Waals surface area contributed by atoms with Crippen LogP contribution in [0.2, 0.25) is 0 Å². The molecule has 0 aliphatic heterocycles. The van der Waals surface area contributed by atoms with Gasteiger partial charge in [-0.1, -0.05) is 84.9 Å². The molecule has 0 aromatic heterocycles. The summed E-state index contributed by atoms with van der Waals surface area (Å²) in [6.45, 7) is 0. The fourth-order valence-electron chi connectivity index (χ4n) is 3.04. The first kappa shape index (κ1) is 14.2. The van der Waals surface area contributed by atoms with E-state index in [1.165, 1.54) is 33.0 Å². The van der Waals surface area contributed by atoms with Gasteiger partial charge in [-0.2, -0.15) is 0 Å². The van der Waals surface area contributed by atoms with Gasteiger partial charge in [0.2, 0.25) is 0 Å². The summed E-state index contributed by atoms with van der Waals surface area (Å²) in [5.74, 6) is 0. The topological polar surface area (TPSA) is 0 Å². The van der Waals surface area contributed by atoms with Crippen LogP contribution < -0.4 is 0 Å². The molecular formula is C22H15Br. The summed E-state index contributed by atoms with van der Waals surface area (Å²) >= 11 is 3.87. The molecule has 0 spiro atoms. The second-order valence-electron chi connectivity index (χ2n) is 5.57. The Balaban J connectivity index is 2.11. The van der Waals surface area contributed by atoms with Crippen LogP contribution in [0.4, 0.5) is 0 Å². The first-order valence-corrected chi connectivity index (χ1v) is 8.46. The maximum atomic E-state index is 3.87. The monoisotopic (exact) mass is 358 g/mol. The molecule has 1 heteroatoms. The first-order valence-electron chi connectivity index (χ1n) is 7.67. The van der Waals surface area contributed by atoms with Gasteiger partial charge in [0.25, 0.3) is 0 Å². The molecule has 110 valence electrons.